The van der Waals surface area contributed by atoms with Crippen molar-refractivity contribution in [1.29, 1.82) is 0 Å². The number of hydrogen-bond acceptors (Lipinski definition) is 2. The quantitative estimate of drug-likeness (QED) is 0.578. The van der Waals surface area contributed by atoms with E-state index in [1.807, 2.05) is 0 Å². The van der Waals surface area contributed by atoms with Gasteiger partial charge in [-0.15, -0.1) is 0 Å². The standard InChI is InChI=1S/C9H7ClF2O2/c1-2-14-9-5(4-13)3-6(11)8(12)7(9)10/h3-4H,2H2,1H3. The summed E-state index contributed by atoms with van der Waals surface area (Å²) in [4.78, 5) is 10.5. The van der Waals surface area contributed by atoms with Gasteiger partial charge in [0.1, 0.15) is 5.02 Å². The molecule has 0 atom stereocenters. The third-order valence-corrected chi connectivity index (χ3v) is 1.90. The van der Waals surface area contributed by atoms with Crippen LogP contribution >= 0.6 is 11.6 Å². The van der Waals surface area contributed by atoms with E-state index in [1.54, 1.807) is 6.92 Å². The first-order valence-corrected chi connectivity index (χ1v) is 4.25. The highest BCUT2D eigenvalue weighted by atomic mass is 35.5. The molecule has 0 N–H and O–H groups in total. The fraction of sp³-hybridized carbons (Fsp3) is 0.222. The molecular formula is C9H7ClF2O2. The van der Waals surface area contributed by atoms with Crippen molar-refractivity contribution < 1.29 is 18.3 Å². The van der Waals surface area contributed by atoms with Crippen LogP contribution in [0.3, 0.4) is 0 Å². The molecule has 0 aliphatic heterocycles. The maximum atomic E-state index is 12.9. The molecule has 2 nitrogen and oxygen atoms in total. The molecule has 0 radical (unpaired) electrons. The van der Waals surface area contributed by atoms with E-state index < -0.39 is 16.7 Å². The highest BCUT2D eigenvalue weighted by Gasteiger charge is 2.17. The second-order valence-corrected chi connectivity index (χ2v) is 2.83. The van der Waals surface area contributed by atoms with E-state index in [0.717, 1.165) is 6.07 Å². The van der Waals surface area contributed by atoms with Crippen LogP contribution in [0.1, 0.15) is 17.3 Å². The van der Waals surface area contributed by atoms with Crippen LogP contribution < -0.4 is 4.74 Å². The summed E-state index contributed by atoms with van der Waals surface area (Å²) in [6, 6.07) is 0.749. The molecule has 1 rings (SSSR count). The van der Waals surface area contributed by atoms with Crippen molar-refractivity contribution in [1.82, 2.24) is 0 Å². The Morgan fingerprint density at radius 2 is 2.21 bits per heavy atom. The number of halogens is 3. The largest absolute Gasteiger partial charge is 0.491 e. The first-order chi connectivity index (χ1) is 6.61. The SMILES string of the molecule is CCOc1c(C=O)cc(F)c(F)c1Cl. The zero-order valence-corrected chi connectivity index (χ0v) is 8.07. The van der Waals surface area contributed by atoms with E-state index >= 15 is 0 Å². The lowest BCUT2D eigenvalue weighted by Gasteiger charge is -2.09. The van der Waals surface area contributed by atoms with Gasteiger partial charge in [0.25, 0.3) is 0 Å². The Morgan fingerprint density at radius 3 is 2.71 bits per heavy atom. The zero-order valence-electron chi connectivity index (χ0n) is 7.31. The van der Waals surface area contributed by atoms with E-state index in [9.17, 15) is 13.6 Å². The van der Waals surface area contributed by atoms with Crippen molar-refractivity contribution in [3.05, 3.63) is 28.3 Å². The van der Waals surface area contributed by atoms with Gasteiger partial charge in [-0.2, -0.15) is 0 Å². The summed E-state index contributed by atoms with van der Waals surface area (Å²) in [5, 5.41) is -0.506. The summed E-state index contributed by atoms with van der Waals surface area (Å²) >= 11 is 5.46. The number of hydrogen-bond donors (Lipinski definition) is 0. The molecule has 0 saturated carbocycles. The number of ether oxygens (including phenoxy) is 1. The Kier molecular flexibility index (Phi) is 3.41. The topological polar surface area (TPSA) is 26.3 Å². The zero-order chi connectivity index (χ0) is 10.7. The monoisotopic (exact) mass is 220 g/mol. The highest BCUT2D eigenvalue weighted by Crippen LogP contribution is 2.32. The third-order valence-electron chi connectivity index (χ3n) is 1.56. The average molecular weight is 221 g/mol. The van der Waals surface area contributed by atoms with Gasteiger partial charge in [-0.1, -0.05) is 11.6 Å². The van der Waals surface area contributed by atoms with Crippen molar-refractivity contribution in [3.63, 3.8) is 0 Å². The summed E-state index contributed by atoms with van der Waals surface area (Å²) in [6.45, 7) is 1.86. The molecule has 0 amide bonds. The van der Waals surface area contributed by atoms with Crippen LogP contribution in [-0.4, -0.2) is 12.9 Å². The summed E-state index contributed by atoms with van der Waals surface area (Å²) in [5.74, 6) is -2.50. The molecule has 0 aromatic heterocycles. The molecule has 5 heteroatoms. The molecular weight excluding hydrogens is 214 g/mol. The lowest BCUT2D eigenvalue weighted by Crippen LogP contribution is -2.00. The number of benzene rings is 1. The molecule has 0 aliphatic carbocycles. The minimum Gasteiger partial charge on any atom is -0.491 e. The fourth-order valence-corrected chi connectivity index (χ4v) is 1.23. The van der Waals surface area contributed by atoms with Crippen molar-refractivity contribution in [2.45, 2.75) is 6.92 Å². The Morgan fingerprint density at radius 1 is 1.57 bits per heavy atom. The smallest absolute Gasteiger partial charge is 0.181 e. The summed E-state index contributed by atoms with van der Waals surface area (Å²) in [6.07, 6.45) is 0.361. The first-order valence-electron chi connectivity index (χ1n) is 3.87. The van der Waals surface area contributed by atoms with Gasteiger partial charge in [0.2, 0.25) is 0 Å². The predicted molar refractivity (Wildman–Crippen MR) is 47.9 cm³/mol. The molecule has 0 unspecified atom stereocenters. The van der Waals surface area contributed by atoms with Crippen LogP contribution in [0.5, 0.6) is 5.75 Å². The van der Waals surface area contributed by atoms with Crippen molar-refractivity contribution in [2.75, 3.05) is 6.61 Å². The molecule has 76 valence electrons. The lowest BCUT2D eigenvalue weighted by atomic mass is 10.2. The lowest BCUT2D eigenvalue weighted by molar-refractivity contribution is 0.111. The fourth-order valence-electron chi connectivity index (χ4n) is 0.975. The molecule has 1 aromatic rings. The first kappa shape index (κ1) is 10.9. The van der Waals surface area contributed by atoms with Crippen molar-refractivity contribution in [2.24, 2.45) is 0 Å². The van der Waals surface area contributed by atoms with E-state index in [-0.39, 0.29) is 17.9 Å². The number of aldehydes is 1. The van der Waals surface area contributed by atoms with Crippen LogP contribution in [0.25, 0.3) is 0 Å². The molecule has 0 saturated heterocycles. The third kappa shape index (κ3) is 1.85. The Hall–Kier alpha value is -1.16. The second-order valence-electron chi connectivity index (χ2n) is 2.46. The molecule has 0 bridgehead atoms. The summed E-state index contributed by atoms with van der Waals surface area (Å²) in [7, 11) is 0. The predicted octanol–water partition coefficient (Wildman–Crippen LogP) is 2.83. The van der Waals surface area contributed by atoms with Crippen LogP contribution in [-0.2, 0) is 0 Å². The van der Waals surface area contributed by atoms with Crippen LogP contribution in [0.2, 0.25) is 5.02 Å². The molecule has 1 aromatic carbocycles. The van der Waals surface area contributed by atoms with Gasteiger partial charge >= 0.3 is 0 Å². The molecule has 14 heavy (non-hydrogen) atoms. The van der Waals surface area contributed by atoms with Gasteiger partial charge in [0, 0.05) is 0 Å². The van der Waals surface area contributed by atoms with Gasteiger partial charge in [-0.25, -0.2) is 8.78 Å². The van der Waals surface area contributed by atoms with Crippen LogP contribution in [0, 0.1) is 11.6 Å². The molecule has 0 aliphatic rings. The van der Waals surface area contributed by atoms with Gasteiger partial charge in [0.05, 0.1) is 12.2 Å². The Bertz CT molecular complexity index is 366. The minimum absolute atomic E-state index is 0.101. The van der Waals surface area contributed by atoms with E-state index in [1.165, 1.54) is 0 Å². The maximum absolute atomic E-state index is 12.9. The Labute approximate surface area is 84.4 Å². The second kappa shape index (κ2) is 4.37. The molecule has 0 spiro atoms. The molecule has 0 heterocycles. The number of carbonyl (C=O) groups is 1. The summed E-state index contributed by atoms with van der Waals surface area (Å²) < 4.78 is 30.6. The van der Waals surface area contributed by atoms with E-state index in [0.29, 0.717) is 6.29 Å². The van der Waals surface area contributed by atoms with Gasteiger partial charge in [-0.3, -0.25) is 4.79 Å². The molecule has 0 fully saturated rings. The average Bonchev–Trinajstić information content (AvgIpc) is 2.19. The van der Waals surface area contributed by atoms with Gasteiger partial charge in [-0.05, 0) is 13.0 Å². The van der Waals surface area contributed by atoms with Crippen LogP contribution in [0.15, 0.2) is 6.07 Å². The van der Waals surface area contributed by atoms with Crippen LogP contribution in [0.4, 0.5) is 8.78 Å². The number of rotatable bonds is 3. The normalized spacial score (nSPS) is 10.0. The van der Waals surface area contributed by atoms with Gasteiger partial charge in [0.15, 0.2) is 23.7 Å². The van der Waals surface area contributed by atoms with Crippen molar-refractivity contribution >= 4 is 17.9 Å². The minimum atomic E-state index is -1.21. The van der Waals surface area contributed by atoms with Gasteiger partial charge < -0.3 is 4.74 Å². The van der Waals surface area contributed by atoms with E-state index in [2.05, 4.69) is 0 Å². The van der Waals surface area contributed by atoms with Crippen molar-refractivity contribution in [3.8, 4) is 5.75 Å². The van der Waals surface area contributed by atoms with E-state index in [4.69, 9.17) is 16.3 Å². The highest BCUT2D eigenvalue weighted by molar-refractivity contribution is 6.32. The number of carbonyl (C=O) groups excluding carboxylic acids is 1. The maximum Gasteiger partial charge on any atom is 0.181 e. The Balaban J connectivity index is 3.36. The summed E-state index contributed by atoms with van der Waals surface area (Å²) in [5.41, 5.74) is -0.101.